The maximum absolute atomic E-state index is 12.9. The van der Waals surface area contributed by atoms with Gasteiger partial charge in [-0.3, -0.25) is 4.72 Å². The van der Waals surface area contributed by atoms with E-state index in [1.807, 2.05) is 43.3 Å². The number of aromatic nitrogens is 2. The lowest BCUT2D eigenvalue weighted by Crippen LogP contribution is -2.12. The highest BCUT2D eigenvalue weighted by molar-refractivity contribution is 7.92. The largest absolute Gasteiger partial charge is 0.477 e. The smallest absolute Gasteiger partial charge is 0.261 e. The molecule has 0 aliphatic carbocycles. The van der Waals surface area contributed by atoms with Crippen LogP contribution in [0.5, 0.6) is 17.4 Å². The molecule has 4 rings (SSSR count). The van der Waals surface area contributed by atoms with E-state index in [2.05, 4.69) is 14.9 Å². The number of nitrogens with zero attached hydrogens (tertiary/aromatic N) is 2. The average molecular weight is 462 g/mol. The van der Waals surface area contributed by atoms with Gasteiger partial charge < -0.3 is 9.47 Å². The standard InChI is InChI=1S/C25H23N3O4S/c1-2-17-31-25-16-15-24(26-27-25)19-7-6-8-20(18-19)28-33(29,30)23-13-11-22(12-14-23)32-21-9-4-3-5-10-21/h3-16,18,28H,2,17H2,1H3. The Morgan fingerprint density at radius 1 is 0.818 bits per heavy atom. The van der Waals surface area contributed by atoms with Crippen LogP contribution in [0, 0.1) is 0 Å². The summed E-state index contributed by atoms with van der Waals surface area (Å²) in [4.78, 5) is 0.130. The molecule has 0 atom stereocenters. The summed E-state index contributed by atoms with van der Waals surface area (Å²) < 4.78 is 39.5. The maximum Gasteiger partial charge on any atom is 0.261 e. The Morgan fingerprint density at radius 2 is 1.58 bits per heavy atom. The molecule has 3 aromatic carbocycles. The SMILES string of the molecule is CCCOc1ccc(-c2cccc(NS(=O)(=O)c3ccc(Oc4ccccc4)cc3)c2)nn1. The fraction of sp³-hybridized carbons (Fsp3) is 0.120. The second-order valence-corrected chi connectivity index (χ2v) is 8.86. The van der Waals surface area contributed by atoms with Crippen molar-refractivity contribution < 1.29 is 17.9 Å². The van der Waals surface area contributed by atoms with Gasteiger partial charge in [-0.15, -0.1) is 10.2 Å². The third-order valence-corrected chi connectivity index (χ3v) is 6.01. The lowest BCUT2D eigenvalue weighted by Gasteiger charge is -2.11. The molecule has 168 valence electrons. The van der Waals surface area contributed by atoms with Crippen LogP contribution in [0.3, 0.4) is 0 Å². The van der Waals surface area contributed by atoms with Crippen LogP contribution in [0.25, 0.3) is 11.3 Å². The molecule has 0 saturated carbocycles. The minimum Gasteiger partial charge on any atom is -0.477 e. The van der Waals surface area contributed by atoms with E-state index in [1.165, 1.54) is 12.1 Å². The minimum atomic E-state index is -3.78. The third-order valence-electron chi connectivity index (χ3n) is 4.62. The number of ether oxygens (including phenoxy) is 2. The van der Waals surface area contributed by atoms with E-state index in [-0.39, 0.29) is 4.90 Å². The van der Waals surface area contributed by atoms with E-state index in [9.17, 15) is 8.42 Å². The number of benzene rings is 3. The van der Waals surface area contributed by atoms with Gasteiger partial charge in [-0.2, -0.15) is 0 Å². The normalized spacial score (nSPS) is 11.1. The zero-order valence-electron chi connectivity index (χ0n) is 18.0. The molecule has 0 amide bonds. The van der Waals surface area contributed by atoms with E-state index >= 15 is 0 Å². The van der Waals surface area contributed by atoms with E-state index in [0.29, 0.717) is 35.4 Å². The van der Waals surface area contributed by atoms with Crippen molar-refractivity contribution in [3.8, 4) is 28.6 Å². The highest BCUT2D eigenvalue weighted by Crippen LogP contribution is 2.26. The number of nitrogens with one attached hydrogen (secondary N) is 1. The van der Waals surface area contributed by atoms with Crippen LogP contribution in [-0.2, 0) is 10.0 Å². The van der Waals surface area contributed by atoms with Crippen LogP contribution in [0.2, 0.25) is 0 Å². The molecule has 0 spiro atoms. The molecule has 1 N–H and O–H groups in total. The van der Waals surface area contributed by atoms with Gasteiger partial charge in [0, 0.05) is 17.3 Å². The minimum absolute atomic E-state index is 0.130. The summed E-state index contributed by atoms with van der Waals surface area (Å²) in [7, 11) is -3.78. The molecule has 0 aliphatic rings. The number of para-hydroxylation sites is 1. The van der Waals surface area contributed by atoms with Crippen molar-refractivity contribution in [2.24, 2.45) is 0 Å². The van der Waals surface area contributed by atoms with E-state index in [1.54, 1.807) is 42.5 Å². The van der Waals surface area contributed by atoms with E-state index in [4.69, 9.17) is 9.47 Å². The van der Waals surface area contributed by atoms with Gasteiger partial charge in [-0.05, 0) is 61.0 Å². The molecule has 0 aliphatic heterocycles. The molecule has 4 aromatic rings. The topological polar surface area (TPSA) is 90.4 Å². The Balaban J connectivity index is 1.47. The molecule has 0 radical (unpaired) electrons. The van der Waals surface area contributed by atoms with Crippen LogP contribution >= 0.6 is 0 Å². The number of hydrogen-bond acceptors (Lipinski definition) is 6. The zero-order chi connectivity index (χ0) is 23.1. The van der Waals surface area contributed by atoms with Crippen molar-refractivity contribution in [1.82, 2.24) is 10.2 Å². The van der Waals surface area contributed by atoms with Crippen LogP contribution in [0.4, 0.5) is 5.69 Å². The first-order valence-corrected chi connectivity index (χ1v) is 11.9. The predicted octanol–water partition coefficient (Wildman–Crippen LogP) is 5.53. The number of sulfonamides is 1. The maximum atomic E-state index is 12.9. The summed E-state index contributed by atoms with van der Waals surface area (Å²) in [5.74, 6) is 1.68. The van der Waals surface area contributed by atoms with Gasteiger partial charge in [-0.25, -0.2) is 8.42 Å². The first kappa shape index (κ1) is 22.3. The van der Waals surface area contributed by atoms with E-state index < -0.39 is 10.0 Å². The average Bonchev–Trinajstić information content (AvgIpc) is 2.84. The molecular formula is C25H23N3O4S. The van der Waals surface area contributed by atoms with Gasteiger partial charge >= 0.3 is 0 Å². The zero-order valence-corrected chi connectivity index (χ0v) is 18.8. The lowest BCUT2D eigenvalue weighted by molar-refractivity contribution is 0.302. The van der Waals surface area contributed by atoms with Gasteiger partial charge in [0.1, 0.15) is 11.5 Å². The van der Waals surface area contributed by atoms with E-state index in [0.717, 1.165) is 12.0 Å². The van der Waals surface area contributed by atoms with Gasteiger partial charge in [0.15, 0.2) is 0 Å². The number of hydrogen-bond donors (Lipinski definition) is 1. The molecule has 0 fully saturated rings. The molecule has 33 heavy (non-hydrogen) atoms. The Bertz CT molecular complexity index is 1290. The molecular weight excluding hydrogens is 438 g/mol. The lowest BCUT2D eigenvalue weighted by atomic mass is 10.1. The molecule has 7 nitrogen and oxygen atoms in total. The molecule has 1 aromatic heterocycles. The number of rotatable bonds is 9. The summed E-state index contributed by atoms with van der Waals surface area (Å²) in [6.45, 7) is 2.59. The van der Waals surface area contributed by atoms with Gasteiger partial charge in [0.2, 0.25) is 5.88 Å². The summed E-state index contributed by atoms with van der Waals surface area (Å²) in [5.41, 5.74) is 1.77. The Labute approximate surface area is 193 Å². The van der Waals surface area contributed by atoms with Crippen LogP contribution in [0.1, 0.15) is 13.3 Å². The molecule has 0 saturated heterocycles. The quantitative estimate of drug-likeness (QED) is 0.353. The molecule has 0 unspecified atom stereocenters. The van der Waals surface area contributed by atoms with Crippen molar-refractivity contribution in [2.45, 2.75) is 18.2 Å². The van der Waals surface area contributed by atoms with Crippen LogP contribution in [-0.4, -0.2) is 25.2 Å². The second-order valence-electron chi connectivity index (χ2n) is 7.18. The van der Waals surface area contributed by atoms with Crippen molar-refractivity contribution >= 4 is 15.7 Å². The monoisotopic (exact) mass is 461 g/mol. The molecule has 1 heterocycles. The first-order chi connectivity index (χ1) is 16.0. The van der Waals surface area contributed by atoms with Crippen molar-refractivity contribution in [3.63, 3.8) is 0 Å². The van der Waals surface area contributed by atoms with Crippen LogP contribution < -0.4 is 14.2 Å². The fourth-order valence-electron chi connectivity index (χ4n) is 3.03. The highest BCUT2D eigenvalue weighted by atomic mass is 32.2. The van der Waals surface area contributed by atoms with Gasteiger partial charge in [0.25, 0.3) is 10.0 Å². The summed E-state index contributed by atoms with van der Waals surface area (Å²) in [6, 6.07) is 26.1. The summed E-state index contributed by atoms with van der Waals surface area (Å²) in [5, 5.41) is 8.24. The van der Waals surface area contributed by atoms with Crippen LogP contribution in [0.15, 0.2) is 95.9 Å². The van der Waals surface area contributed by atoms with Crippen molar-refractivity contribution in [2.75, 3.05) is 11.3 Å². The Morgan fingerprint density at radius 3 is 2.27 bits per heavy atom. The molecule has 8 heteroatoms. The molecule has 0 bridgehead atoms. The summed E-state index contributed by atoms with van der Waals surface area (Å²) in [6.07, 6.45) is 0.883. The predicted molar refractivity (Wildman–Crippen MR) is 127 cm³/mol. The number of anilines is 1. The van der Waals surface area contributed by atoms with Crippen molar-refractivity contribution in [1.29, 1.82) is 0 Å². The van der Waals surface area contributed by atoms with Crippen molar-refractivity contribution in [3.05, 3.63) is 91.0 Å². The second kappa shape index (κ2) is 10.1. The highest BCUT2D eigenvalue weighted by Gasteiger charge is 2.15. The van der Waals surface area contributed by atoms with Gasteiger partial charge in [-0.1, -0.05) is 37.3 Å². The van der Waals surface area contributed by atoms with Gasteiger partial charge in [0.05, 0.1) is 17.2 Å². The Hall–Kier alpha value is -3.91. The summed E-state index contributed by atoms with van der Waals surface area (Å²) >= 11 is 0. The first-order valence-electron chi connectivity index (χ1n) is 10.5. The third kappa shape index (κ3) is 5.87. The fourth-order valence-corrected chi connectivity index (χ4v) is 4.07. The Kier molecular flexibility index (Phi) is 6.85.